The second-order valence-electron chi connectivity index (χ2n) is 8.15. The molecule has 0 aliphatic carbocycles. The molecule has 0 aromatic heterocycles. The van der Waals surface area contributed by atoms with Crippen LogP contribution >= 0.6 is 11.8 Å². The van der Waals surface area contributed by atoms with E-state index in [1.54, 1.807) is 13.2 Å². The largest absolute Gasteiger partial charge is 0.393 e. The molecule has 1 atom stereocenters. The molecule has 1 aromatic carbocycles. The third kappa shape index (κ3) is 6.99. The fourth-order valence-electron chi connectivity index (χ4n) is 3.76. The van der Waals surface area contributed by atoms with Gasteiger partial charge in [-0.15, -0.1) is 11.8 Å². The van der Waals surface area contributed by atoms with Crippen molar-refractivity contribution in [3.63, 3.8) is 0 Å². The lowest BCUT2D eigenvalue weighted by Gasteiger charge is -2.37. The van der Waals surface area contributed by atoms with Crippen LogP contribution in [0.5, 0.6) is 0 Å². The van der Waals surface area contributed by atoms with Crippen molar-refractivity contribution in [2.45, 2.75) is 27.2 Å². The summed E-state index contributed by atoms with van der Waals surface area (Å²) in [6.07, 6.45) is 4.29. The van der Waals surface area contributed by atoms with Crippen molar-refractivity contribution in [1.29, 1.82) is 0 Å². The lowest BCUT2D eigenvalue weighted by Crippen LogP contribution is -2.48. The molecule has 1 aromatic rings. The summed E-state index contributed by atoms with van der Waals surface area (Å²) >= 11 is 1.45. The third-order valence-electron chi connectivity index (χ3n) is 5.63. The van der Waals surface area contributed by atoms with Crippen LogP contribution < -0.4 is 10.0 Å². The van der Waals surface area contributed by atoms with Gasteiger partial charge in [-0.05, 0) is 43.0 Å². The highest BCUT2D eigenvalue weighted by Crippen LogP contribution is 2.25. The van der Waals surface area contributed by atoms with Gasteiger partial charge in [0.05, 0.1) is 15.5 Å². The summed E-state index contributed by atoms with van der Waals surface area (Å²) in [6.45, 7) is 16.7. The number of carbonyl (C=O) groups excluding carboxylic acids is 1. The zero-order valence-electron chi connectivity index (χ0n) is 20.9. The van der Waals surface area contributed by atoms with Gasteiger partial charge in [0.2, 0.25) is 0 Å². The Labute approximate surface area is 211 Å². The van der Waals surface area contributed by atoms with Crippen molar-refractivity contribution in [2.24, 2.45) is 10.9 Å². The van der Waals surface area contributed by atoms with Gasteiger partial charge in [0.25, 0.3) is 5.91 Å². The van der Waals surface area contributed by atoms with Crippen LogP contribution in [0.2, 0.25) is 0 Å². The van der Waals surface area contributed by atoms with Crippen LogP contribution in [0.25, 0.3) is 5.70 Å². The number of anilines is 1. The molecule has 1 saturated heterocycles. The zero-order chi connectivity index (χ0) is 25.3. The van der Waals surface area contributed by atoms with Gasteiger partial charge in [0.15, 0.2) is 0 Å². The summed E-state index contributed by atoms with van der Waals surface area (Å²) in [5, 5.41) is 2.94. The van der Waals surface area contributed by atoms with Gasteiger partial charge in [0.1, 0.15) is 11.0 Å². The Morgan fingerprint density at radius 2 is 1.79 bits per heavy atom. The summed E-state index contributed by atoms with van der Waals surface area (Å²) in [5.74, 6) is 0.217. The lowest BCUT2D eigenvalue weighted by atomic mass is 10.1. The topological polar surface area (TPSA) is 77.0 Å². The maximum atomic E-state index is 12.9. The van der Waals surface area contributed by atoms with Crippen molar-refractivity contribution < 1.29 is 9.00 Å². The van der Waals surface area contributed by atoms with Crippen molar-refractivity contribution in [1.82, 2.24) is 15.1 Å². The smallest absolute Gasteiger partial charge is 0.261 e. The lowest BCUT2D eigenvalue weighted by molar-refractivity contribution is -0.127. The summed E-state index contributed by atoms with van der Waals surface area (Å²) in [6, 6.07) is 7.78. The Morgan fingerprint density at radius 1 is 1.21 bits per heavy atom. The van der Waals surface area contributed by atoms with E-state index < -0.39 is 11.0 Å². The van der Waals surface area contributed by atoms with E-state index in [0.717, 1.165) is 40.6 Å². The van der Waals surface area contributed by atoms with Crippen LogP contribution in [-0.2, 0) is 15.8 Å². The number of aliphatic imine (C=N–C) groups is 1. The number of carbonyl (C=O) groups is 1. The molecule has 0 bridgehead atoms. The van der Waals surface area contributed by atoms with Crippen molar-refractivity contribution in [2.75, 3.05) is 44.2 Å². The van der Waals surface area contributed by atoms with E-state index in [2.05, 4.69) is 33.2 Å². The third-order valence-corrected chi connectivity index (χ3v) is 7.73. The number of thioether (sulfide) groups is 1. The van der Waals surface area contributed by atoms with Gasteiger partial charge in [-0.3, -0.25) is 9.79 Å². The van der Waals surface area contributed by atoms with Crippen molar-refractivity contribution in [3.8, 4) is 0 Å². The van der Waals surface area contributed by atoms with Crippen LogP contribution in [-0.4, -0.2) is 66.1 Å². The molecule has 9 heteroatoms. The number of hydrogen-bond acceptors (Lipinski definition) is 6. The number of nitrogens with zero attached hydrogens (tertiary/aromatic N) is 3. The summed E-state index contributed by atoms with van der Waals surface area (Å²) in [7, 11) is 0.415. The SMILES string of the molecule is C=N/C(=C(/CC)S(=O)Nc1ccc(C(=C)N2CCN(C(=O)/C(=C/NC)SC)CC2)cc1)C(C)C. The molecular formula is C25H37N5O2S2. The molecule has 2 N–H and O–H groups in total. The minimum atomic E-state index is -1.38. The van der Waals surface area contributed by atoms with E-state index in [4.69, 9.17) is 0 Å². The molecule has 1 unspecified atom stereocenters. The average molecular weight is 504 g/mol. The van der Waals surface area contributed by atoms with E-state index in [9.17, 15) is 9.00 Å². The summed E-state index contributed by atoms with van der Waals surface area (Å²) < 4.78 is 16.0. The normalized spacial score (nSPS) is 16.1. The van der Waals surface area contributed by atoms with E-state index in [1.807, 2.05) is 56.2 Å². The fourth-order valence-corrected chi connectivity index (χ4v) is 5.52. The van der Waals surface area contributed by atoms with E-state index in [1.165, 1.54) is 11.8 Å². The van der Waals surface area contributed by atoms with Crippen LogP contribution in [0.4, 0.5) is 5.69 Å². The summed E-state index contributed by atoms with van der Waals surface area (Å²) in [4.78, 5) is 22.3. The van der Waals surface area contributed by atoms with Gasteiger partial charge in [-0.1, -0.05) is 39.5 Å². The summed E-state index contributed by atoms with van der Waals surface area (Å²) in [5.41, 5.74) is 3.46. The van der Waals surface area contributed by atoms with Crippen molar-refractivity contribution >= 4 is 46.8 Å². The maximum absolute atomic E-state index is 12.9. The standard InChI is InChI=1S/C25H37N5O2S2/c1-8-23(24(27-6)18(2)3)34(32)28-21-11-9-20(10-12-21)19(4)29-13-15-30(16-14-29)25(31)22(33-7)17-26-5/h9-12,17-18,26,28H,4,6,8,13-16H2,1-3,5,7H3/b22-17-,24-23-. The average Bonchev–Trinajstić information content (AvgIpc) is 2.85. The highest BCUT2D eigenvalue weighted by molar-refractivity contribution is 8.03. The predicted molar refractivity (Wildman–Crippen MR) is 148 cm³/mol. The molecule has 1 amide bonds. The molecule has 2 rings (SSSR count). The van der Waals surface area contributed by atoms with Gasteiger partial charge in [0, 0.05) is 50.8 Å². The van der Waals surface area contributed by atoms with E-state index in [-0.39, 0.29) is 11.8 Å². The molecular weight excluding hydrogens is 466 g/mol. The molecule has 1 fully saturated rings. The first kappa shape index (κ1) is 27.7. The Bertz CT molecular complexity index is 962. The number of hydrogen-bond donors (Lipinski definition) is 2. The molecule has 0 saturated carbocycles. The van der Waals surface area contributed by atoms with Crippen LogP contribution in [0.1, 0.15) is 32.8 Å². The second-order valence-corrected chi connectivity index (χ2v) is 10.2. The van der Waals surface area contributed by atoms with Crippen LogP contribution in [0.3, 0.4) is 0 Å². The number of nitrogens with one attached hydrogen (secondary N) is 2. The quantitative estimate of drug-likeness (QED) is 0.348. The highest BCUT2D eigenvalue weighted by atomic mass is 32.2. The molecule has 186 valence electrons. The Morgan fingerprint density at radius 3 is 2.26 bits per heavy atom. The fraction of sp³-hybridized carbons (Fsp3) is 0.440. The number of piperazine rings is 1. The monoisotopic (exact) mass is 503 g/mol. The van der Waals surface area contributed by atoms with E-state index in [0.29, 0.717) is 24.4 Å². The number of amides is 1. The Kier molecular flexibility index (Phi) is 10.9. The minimum absolute atomic E-state index is 0.0586. The molecule has 0 spiro atoms. The molecule has 7 nitrogen and oxygen atoms in total. The van der Waals surface area contributed by atoms with Gasteiger partial charge >= 0.3 is 0 Å². The Balaban J connectivity index is 2.01. The number of rotatable bonds is 11. The first-order valence-corrected chi connectivity index (χ1v) is 13.8. The molecule has 1 aliphatic rings. The first-order chi connectivity index (χ1) is 16.3. The number of allylic oxidation sites excluding steroid dienone is 2. The second kappa shape index (κ2) is 13.4. The molecule has 0 radical (unpaired) electrons. The van der Waals surface area contributed by atoms with Crippen molar-refractivity contribution in [3.05, 3.63) is 58.1 Å². The highest BCUT2D eigenvalue weighted by Gasteiger charge is 2.24. The Hall–Kier alpha value is -2.52. The van der Waals surface area contributed by atoms with Gasteiger partial charge < -0.3 is 19.8 Å². The van der Waals surface area contributed by atoms with Gasteiger partial charge in [-0.2, -0.15) is 0 Å². The molecule has 1 aliphatic heterocycles. The maximum Gasteiger partial charge on any atom is 0.261 e. The first-order valence-electron chi connectivity index (χ1n) is 11.4. The molecule has 34 heavy (non-hydrogen) atoms. The number of benzene rings is 1. The predicted octanol–water partition coefficient (Wildman–Crippen LogP) is 4.28. The van der Waals surface area contributed by atoms with Crippen LogP contribution in [0, 0.1) is 5.92 Å². The molecule has 1 heterocycles. The minimum Gasteiger partial charge on any atom is -0.393 e. The van der Waals surface area contributed by atoms with E-state index >= 15 is 0 Å². The zero-order valence-corrected chi connectivity index (χ0v) is 22.5. The van der Waals surface area contributed by atoms with Gasteiger partial charge in [-0.25, -0.2) is 4.21 Å². The van der Waals surface area contributed by atoms with Crippen LogP contribution in [0.15, 0.2) is 57.5 Å².